The number of hydrogen-bond acceptors (Lipinski definition) is 4. The molecule has 2 N–H and O–H groups in total. The number of sulfonamides is 1. The molecule has 0 aliphatic heterocycles. The zero-order valence-corrected chi connectivity index (χ0v) is 14.6. The third kappa shape index (κ3) is 4.51. The van der Waals surface area contributed by atoms with Gasteiger partial charge >= 0.3 is 5.97 Å². The maximum atomic E-state index is 13.6. The average Bonchev–Trinajstić information content (AvgIpc) is 2.45. The summed E-state index contributed by atoms with van der Waals surface area (Å²) in [6, 6.07) is 7.83. The first kappa shape index (κ1) is 17.9. The average molecular weight is 423 g/mol. The Balaban J connectivity index is 2.18. The van der Waals surface area contributed by atoms with Crippen LogP contribution < -0.4 is 5.14 Å². The molecule has 0 spiro atoms. The Bertz CT molecular complexity index is 873. The maximum Gasteiger partial charge on any atom is 0.338 e. The van der Waals surface area contributed by atoms with Gasteiger partial charge in [0.15, 0.2) is 0 Å². The highest BCUT2D eigenvalue weighted by molar-refractivity contribution is 9.10. The second kappa shape index (κ2) is 6.96. The molecule has 0 aliphatic rings. The fourth-order valence-corrected chi connectivity index (χ4v) is 3.12. The summed E-state index contributed by atoms with van der Waals surface area (Å²) in [5, 5.41) is 4.90. The summed E-state index contributed by atoms with van der Waals surface area (Å²) in [5.74, 6) is -1.36. The second-order valence-electron chi connectivity index (χ2n) is 4.50. The van der Waals surface area contributed by atoms with Crippen LogP contribution in [0, 0.1) is 5.82 Å². The van der Waals surface area contributed by atoms with Gasteiger partial charge in [0.25, 0.3) is 0 Å². The number of primary sulfonamides is 1. The van der Waals surface area contributed by atoms with Crippen LogP contribution in [0.5, 0.6) is 0 Å². The van der Waals surface area contributed by atoms with E-state index in [0.29, 0.717) is 4.47 Å². The lowest BCUT2D eigenvalue weighted by Crippen LogP contribution is -2.14. The second-order valence-corrected chi connectivity index (χ2v) is 7.35. The van der Waals surface area contributed by atoms with Gasteiger partial charge in [0.2, 0.25) is 10.0 Å². The van der Waals surface area contributed by atoms with E-state index < -0.39 is 21.8 Å². The Morgan fingerprint density at radius 2 is 1.96 bits per heavy atom. The number of nitrogens with two attached hydrogens (primary N) is 1. The summed E-state index contributed by atoms with van der Waals surface area (Å²) in [6.45, 7) is -0.300. The zero-order chi connectivity index (χ0) is 17.2. The molecule has 0 unspecified atom stereocenters. The van der Waals surface area contributed by atoms with Crippen molar-refractivity contribution in [3.63, 3.8) is 0 Å². The van der Waals surface area contributed by atoms with E-state index in [4.69, 9.17) is 21.5 Å². The van der Waals surface area contributed by atoms with Crippen molar-refractivity contribution in [1.82, 2.24) is 0 Å². The number of esters is 1. The zero-order valence-electron chi connectivity index (χ0n) is 11.4. The Morgan fingerprint density at radius 3 is 2.57 bits per heavy atom. The molecule has 9 heteroatoms. The van der Waals surface area contributed by atoms with E-state index in [9.17, 15) is 17.6 Å². The minimum Gasteiger partial charge on any atom is -0.457 e. The van der Waals surface area contributed by atoms with E-state index >= 15 is 0 Å². The van der Waals surface area contributed by atoms with Crippen LogP contribution in [-0.4, -0.2) is 14.4 Å². The Morgan fingerprint density at radius 1 is 1.26 bits per heavy atom. The topological polar surface area (TPSA) is 86.5 Å². The van der Waals surface area contributed by atoms with E-state index in [1.165, 1.54) is 24.3 Å². The molecule has 122 valence electrons. The van der Waals surface area contributed by atoms with Gasteiger partial charge in [-0.15, -0.1) is 0 Å². The van der Waals surface area contributed by atoms with Crippen LogP contribution in [0.15, 0.2) is 45.8 Å². The SMILES string of the molecule is NS(=O)(=O)c1cc(C(=O)OCc2ccc(Br)cc2F)ccc1Cl. The van der Waals surface area contributed by atoms with E-state index in [2.05, 4.69) is 15.9 Å². The number of rotatable bonds is 4. The van der Waals surface area contributed by atoms with Crippen LogP contribution in [0.4, 0.5) is 4.39 Å². The van der Waals surface area contributed by atoms with E-state index in [1.54, 1.807) is 6.07 Å². The fraction of sp³-hybridized carbons (Fsp3) is 0.0714. The van der Waals surface area contributed by atoms with Crippen molar-refractivity contribution in [3.8, 4) is 0 Å². The number of halogens is 3. The lowest BCUT2D eigenvalue weighted by Gasteiger charge is -2.08. The van der Waals surface area contributed by atoms with Crippen molar-refractivity contribution in [3.05, 3.63) is 62.8 Å². The Kier molecular flexibility index (Phi) is 5.41. The standard InChI is InChI=1S/C14H10BrClFNO4S/c15-10-3-1-9(12(17)6-10)7-22-14(19)8-2-4-11(16)13(5-8)23(18,20)21/h1-6H,7H2,(H2,18,20,21). The number of carbonyl (C=O) groups is 1. The number of benzene rings is 2. The van der Waals surface area contributed by atoms with Gasteiger partial charge in [-0.25, -0.2) is 22.7 Å². The minimum atomic E-state index is -4.07. The Labute approximate surface area is 145 Å². The molecule has 0 heterocycles. The smallest absolute Gasteiger partial charge is 0.338 e. The molecule has 0 saturated heterocycles. The predicted molar refractivity (Wildman–Crippen MR) is 86.0 cm³/mol. The first-order valence-corrected chi connectivity index (χ1v) is 8.83. The summed E-state index contributed by atoms with van der Waals surface area (Å²) < 4.78 is 41.9. The summed E-state index contributed by atoms with van der Waals surface area (Å²) in [6.07, 6.45) is 0. The van der Waals surface area contributed by atoms with E-state index in [0.717, 1.165) is 6.07 Å². The Hall–Kier alpha value is -1.48. The van der Waals surface area contributed by atoms with Gasteiger partial charge in [-0.05, 0) is 30.3 Å². The normalized spacial score (nSPS) is 11.3. The summed E-state index contributed by atoms with van der Waals surface area (Å²) in [7, 11) is -4.07. The van der Waals surface area contributed by atoms with Crippen LogP contribution in [0.2, 0.25) is 5.02 Å². The first-order valence-electron chi connectivity index (χ1n) is 6.12. The summed E-state index contributed by atoms with van der Waals surface area (Å²) in [4.78, 5) is 11.6. The molecule has 0 saturated carbocycles. The number of ether oxygens (including phenoxy) is 1. The van der Waals surface area contributed by atoms with Crippen molar-refractivity contribution >= 4 is 43.5 Å². The molecule has 0 fully saturated rings. The van der Waals surface area contributed by atoms with Crippen LogP contribution in [0.25, 0.3) is 0 Å². The van der Waals surface area contributed by atoms with Gasteiger partial charge in [-0.1, -0.05) is 33.6 Å². The number of hydrogen-bond donors (Lipinski definition) is 1. The molecule has 2 aromatic rings. The van der Waals surface area contributed by atoms with Crippen molar-refractivity contribution < 1.29 is 22.3 Å². The molecule has 2 rings (SSSR count). The summed E-state index contributed by atoms with van der Waals surface area (Å²) >= 11 is 8.85. The number of carbonyl (C=O) groups excluding carboxylic acids is 1. The molecule has 5 nitrogen and oxygen atoms in total. The van der Waals surface area contributed by atoms with Crippen molar-refractivity contribution in [2.75, 3.05) is 0 Å². The van der Waals surface area contributed by atoms with Crippen LogP contribution >= 0.6 is 27.5 Å². The van der Waals surface area contributed by atoms with Gasteiger partial charge in [0, 0.05) is 10.0 Å². The molecule has 0 bridgehead atoms. The van der Waals surface area contributed by atoms with Gasteiger partial charge in [0.05, 0.1) is 10.6 Å². The molecule has 0 atom stereocenters. The fourth-order valence-electron chi connectivity index (χ4n) is 1.71. The molecule has 2 aromatic carbocycles. The van der Waals surface area contributed by atoms with Gasteiger partial charge in [-0.3, -0.25) is 0 Å². The summed E-state index contributed by atoms with van der Waals surface area (Å²) in [5.41, 5.74) is 0.123. The predicted octanol–water partition coefficient (Wildman–Crippen LogP) is 3.25. The highest BCUT2D eigenvalue weighted by atomic mass is 79.9. The van der Waals surface area contributed by atoms with Crippen molar-refractivity contribution in [1.29, 1.82) is 0 Å². The van der Waals surface area contributed by atoms with E-state index in [1.807, 2.05) is 0 Å². The molecule has 0 amide bonds. The molecule has 0 aliphatic carbocycles. The minimum absolute atomic E-state index is 0.0593. The maximum absolute atomic E-state index is 13.6. The largest absolute Gasteiger partial charge is 0.457 e. The van der Waals surface area contributed by atoms with Crippen LogP contribution in [0.3, 0.4) is 0 Å². The highest BCUT2D eigenvalue weighted by Crippen LogP contribution is 2.22. The lowest BCUT2D eigenvalue weighted by molar-refractivity contribution is 0.0468. The lowest BCUT2D eigenvalue weighted by atomic mass is 10.2. The molecule has 23 heavy (non-hydrogen) atoms. The third-order valence-electron chi connectivity index (χ3n) is 2.85. The van der Waals surface area contributed by atoms with Gasteiger partial charge < -0.3 is 4.74 Å². The monoisotopic (exact) mass is 421 g/mol. The van der Waals surface area contributed by atoms with E-state index in [-0.39, 0.29) is 27.7 Å². The van der Waals surface area contributed by atoms with Crippen LogP contribution in [0.1, 0.15) is 15.9 Å². The van der Waals surface area contributed by atoms with Crippen molar-refractivity contribution in [2.24, 2.45) is 5.14 Å². The molecule has 0 aromatic heterocycles. The van der Waals surface area contributed by atoms with Crippen LogP contribution in [-0.2, 0) is 21.4 Å². The molecular formula is C14H10BrClFNO4S. The van der Waals surface area contributed by atoms with Gasteiger partial charge in [0.1, 0.15) is 17.3 Å². The molecular weight excluding hydrogens is 413 g/mol. The quantitative estimate of drug-likeness (QED) is 0.766. The van der Waals surface area contributed by atoms with Crippen molar-refractivity contribution in [2.45, 2.75) is 11.5 Å². The van der Waals surface area contributed by atoms with Gasteiger partial charge in [-0.2, -0.15) is 0 Å². The first-order chi connectivity index (χ1) is 10.7. The third-order valence-corrected chi connectivity index (χ3v) is 4.73. The highest BCUT2D eigenvalue weighted by Gasteiger charge is 2.17. The molecule has 0 radical (unpaired) electrons.